The molecule has 3 heteroatoms. The van der Waals surface area contributed by atoms with Crippen LogP contribution in [0.4, 0.5) is 0 Å². The van der Waals surface area contributed by atoms with E-state index in [1.54, 1.807) is 0 Å². The predicted molar refractivity (Wildman–Crippen MR) is 64.2 cm³/mol. The molecule has 0 aromatic carbocycles. The zero-order valence-corrected chi connectivity index (χ0v) is 10.7. The van der Waals surface area contributed by atoms with Crippen LogP contribution in [0.15, 0.2) is 0 Å². The summed E-state index contributed by atoms with van der Waals surface area (Å²) >= 11 is 5.53. The van der Waals surface area contributed by atoms with Crippen molar-refractivity contribution in [3.05, 3.63) is 0 Å². The summed E-state index contributed by atoms with van der Waals surface area (Å²) in [6, 6.07) is 0. The molecular formula is C12H23ClO2. The molecule has 0 amide bonds. The Morgan fingerprint density at radius 2 is 2.00 bits per heavy atom. The zero-order valence-electron chi connectivity index (χ0n) is 9.93. The van der Waals surface area contributed by atoms with Gasteiger partial charge in [-0.1, -0.05) is 26.7 Å². The van der Waals surface area contributed by atoms with Crippen molar-refractivity contribution in [2.75, 3.05) is 12.5 Å². The second kappa shape index (κ2) is 10.3. The van der Waals surface area contributed by atoms with Crippen LogP contribution < -0.4 is 0 Å². The second-order valence-corrected chi connectivity index (χ2v) is 4.19. The van der Waals surface area contributed by atoms with Crippen molar-refractivity contribution in [3.63, 3.8) is 0 Å². The quantitative estimate of drug-likeness (QED) is 0.345. The van der Waals surface area contributed by atoms with Crippen LogP contribution in [-0.2, 0) is 9.53 Å². The molecule has 0 heterocycles. The van der Waals surface area contributed by atoms with Gasteiger partial charge in [-0.15, -0.1) is 11.6 Å². The van der Waals surface area contributed by atoms with Crippen LogP contribution in [0.2, 0.25) is 0 Å². The number of esters is 1. The summed E-state index contributed by atoms with van der Waals surface area (Å²) in [5.41, 5.74) is 0. The van der Waals surface area contributed by atoms with E-state index in [1.807, 2.05) is 6.92 Å². The van der Waals surface area contributed by atoms with Crippen LogP contribution in [-0.4, -0.2) is 18.5 Å². The minimum atomic E-state index is -0.0273. The summed E-state index contributed by atoms with van der Waals surface area (Å²) < 4.78 is 5.20. The molecule has 0 saturated heterocycles. The van der Waals surface area contributed by atoms with Crippen molar-refractivity contribution in [2.45, 2.75) is 52.4 Å². The van der Waals surface area contributed by atoms with Crippen molar-refractivity contribution in [1.29, 1.82) is 0 Å². The molecule has 0 fully saturated rings. The van der Waals surface area contributed by atoms with Crippen molar-refractivity contribution in [3.8, 4) is 0 Å². The molecular weight excluding hydrogens is 212 g/mol. The summed E-state index contributed by atoms with van der Waals surface area (Å²) in [4.78, 5) is 11.6. The highest BCUT2D eigenvalue weighted by atomic mass is 35.5. The minimum Gasteiger partial charge on any atom is -0.465 e. The molecule has 0 aromatic heterocycles. The fraction of sp³-hybridized carbons (Fsp3) is 0.917. The normalized spacial score (nSPS) is 12.5. The third-order valence-electron chi connectivity index (χ3n) is 2.50. The Kier molecular flexibility index (Phi) is 10.1. The largest absolute Gasteiger partial charge is 0.465 e. The summed E-state index contributed by atoms with van der Waals surface area (Å²) in [5, 5.41) is 0. The van der Waals surface area contributed by atoms with Gasteiger partial charge in [0, 0.05) is 5.88 Å². The maximum absolute atomic E-state index is 11.6. The lowest BCUT2D eigenvalue weighted by molar-refractivity contribution is -0.149. The summed E-state index contributed by atoms with van der Waals surface area (Å²) in [6.45, 7) is 4.70. The second-order valence-electron chi connectivity index (χ2n) is 3.81. The first-order valence-electron chi connectivity index (χ1n) is 5.98. The molecule has 15 heavy (non-hydrogen) atoms. The topological polar surface area (TPSA) is 26.3 Å². The average molecular weight is 235 g/mol. The number of unbranched alkanes of at least 4 members (excludes halogenated alkanes) is 2. The third-order valence-corrected chi connectivity index (χ3v) is 2.77. The van der Waals surface area contributed by atoms with Gasteiger partial charge >= 0.3 is 5.97 Å². The number of hydrogen-bond acceptors (Lipinski definition) is 2. The van der Waals surface area contributed by atoms with Crippen molar-refractivity contribution in [1.82, 2.24) is 0 Å². The molecule has 2 nitrogen and oxygen atoms in total. The highest BCUT2D eigenvalue weighted by molar-refractivity contribution is 6.17. The molecule has 1 unspecified atom stereocenters. The molecule has 0 N–H and O–H groups in total. The van der Waals surface area contributed by atoms with Crippen LogP contribution in [0, 0.1) is 5.92 Å². The molecule has 0 spiro atoms. The Bertz CT molecular complexity index is 160. The zero-order chi connectivity index (χ0) is 11.5. The fourth-order valence-corrected chi connectivity index (χ4v) is 1.62. The van der Waals surface area contributed by atoms with Gasteiger partial charge in [0.1, 0.15) is 0 Å². The van der Waals surface area contributed by atoms with Crippen molar-refractivity contribution < 1.29 is 9.53 Å². The molecule has 0 aromatic rings. The van der Waals surface area contributed by atoms with Gasteiger partial charge in [-0.3, -0.25) is 4.79 Å². The number of halogens is 1. The molecule has 0 aliphatic rings. The summed E-state index contributed by atoms with van der Waals surface area (Å²) in [6.07, 6.45) is 5.88. The van der Waals surface area contributed by atoms with E-state index >= 15 is 0 Å². The van der Waals surface area contributed by atoms with Crippen LogP contribution in [0.3, 0.4) is 0 Å². The molecule has 90 valence electrons. The number of carbonyl (C=O) groups excluding carboxylic acids is 1. The lowest BCUT2D eigenvalue weighted by Gasteiger charge is -2.13. The average Bonchev–Trinajstić information content (AvgIpc) is 2.25. The lowest BCUT2D eigenvalue weighted by atomic mass is 10.00. The van der Waals surface area contributed by atoms with Crippen molar-refractivity contribution >= 4 is 17.6 Å². The molecule has 0 bridgehead atoms. The van der Waals surface area contributed by atoms with Crippen LogP contribution in [0.25, 0.3) is 0 Å². The number of hydrogen-bond donors (Lipinski definition) is 0. The first-order chi connectivity index (χ1) is 7.26. The number of rotatable bonds is 9. The Balaban J connectivity index is 3.63. The van der Waals surface area contributed by atoms with Gasteiger partial charge < -0.3 is 4.74 Å². The number of alkyl halides is 1. The van der Waals surface area contributed by atoms with Gasteiger partial charge in [-0.2, -0.15) is 0 Å². The van der Waals surface area contributed by atoms with E-state index in [-0.39, 0.29) is 11.9 Å². The van der Waals surface area contributed by atoms with E-state index in [9.17, 15) is 4.79 Å². The van der Waals surface area contributed by atoms with E-state index in [0.29, 0.717) is 12.5 Å². The maximum atomic E-state index is 11.6. The number of ether oxygens (including phenoxy) is 1. The smallest absolute Gasteiger partial charge is 0.308 e. The summed E-state index contributed by atoms with van der Waals surface area (Å²) in [7, 11) is 0. The minimum absolute atomic E-state index is 0.0273. The highest BCUT2D eigenvalue weighted by Crippen LogP contribution is 2.14. The van der Waals surface area contributed by atoms with E-state index in [1.165, 1.54) is 0 Å². The van der Waals surface area contributed by atoms with Crippen molar-refractivity contribution in [2.24, 2.45) is 5.92 Å². The molecule has 0 aliphatic carbocycles. The number of carbonyl (C=O) groups is 1. The molecule has 0 radical (unpaired) electrons. The van der Waals surface area contributed by atoms with Gasteiger partial charge in [0.05, 0.1) is 12.5 Å². The Labute approximate surface area is 98.3 Å². The monoisotopic (exact) mass is 234 g/mol. The van der Waals surface area contributed by atoms with E-state index in [4.69, 9.17) is 16.3 Å². The Morgan fingerprint density at radius 3 is 2.53 bits per heavy atom. The summed E-state index contributed by atoms with van der Waals surface area (Å²) in [5.74, 6) is 0.714. The van der Waals surface area contributed by atoms with Gasteiger partial charge in [0.2, 0.25) is 0 Å². The molecule has 0 rings (SSSR count). The Hall–Kier alpha value is -0.240. The first kappa shape index (κ1) is 14.8. The highest BCUT2D eigenvalue weighted by Gasteiger charge is 2.16. The van der Waals surface area contributed by atoms with Crippen LogP contribution >= 0.6 is 11.6 Å². The molecule has 0 saturated carbocycles. The lowest BCUT2D eigenvalue weighted by Crippen LogP contribution is -2.17. The Morgan fingerprint density at radius 1 is 1.27 bits per heavy atom. The maximum Gasteiger partial charge on any atom is 0.308 e. The third kappa shape index (κ3) is 7.66. The van der Waals surface area contributed by atoms with E-state index in [0.717, 1.165) is 38.5 Å². The first-order valence-corrected chi connectivity index (χ1v) is 6.52. The van der Waals surface area contributed by atoms with E-state index in [2.05, 4.69) is 6.92 Å². The molecule has 1 atom stereocenters. The van der Waals surface area contributed by atoms with Crippen LogP contribution in [0.1, 0.15) is 52.4 Å². The molecule has 0 aliphatic heterocycles. The van der Waals surface area contributed by atoms with Gasteiger partial charge in [0.15, 0.2) is 0 Å². The SMILES string of the molecule is CCCCC(CC)C(=O)OCCCCCl. The van der Waals surface area contributed by atoms with Gasteiger partial charge in [-0.25, -0.2) is 0 Å². The van der Waals surface area contributed by atoms with Crippen LogP contribution in [0.5, 0.6) is 0 Å². The predicted octanol–water partition coefficient (Wildman–Crippen LogP) is 3.77. The standard InChI is InChI=1S/C12H23ClO2/c1-3-5-8-11(4-2)12(14)15-10-7-6-9-13/h11H,3-10H2,1-2H3. The van der Waals surface area contributed by atoms with Gasteiger partial charge in [-0.05, 0) is 25.7 Å². The van der Waals surface area contributed by atoms with E-state index < -0.39 is 0 Å². The fourth-order valence-electron chi connectivity index (χ4n) is 1.43. The van der Waals surface area contributed by atoms with Gasteiger partial charge in [0.25, 0.3) is 0 Å².